The molecule has 1 heterocycles. The summed E-state index contributed by atoms with van der Waals surface area (Å²) in [5.74, 6) is -0.411. The van der Waals surface area contributed by atoms with Gasteiger partial charge in [-0.3, -0.25) is 4.79 Å². The van der Waals surface area contributed by atoms with E-state index in [4.69, 9.17) is 0 Å². The second kappa shape index (κ2) is 5.45. The van der Waals surface area contributed by atoms with Crippen LogP contribution in [0, 0.1) is 0 Å². The maximum Gasteiger partial charge on any atom is 0.329 e. The Bertz CT molecular complexity index is 907. The highest BCUT2D eigenvalue weighted by molar-refractivity contribution is 7.90. The Morgan fingerprint density at radius 2 is 1.54 bits per heavy atom. The largest absolute Gasteiger partial charge is 0.329 e. The number of hydrogen-bond acceptors (Lipinski definition) is 4. The van der Waals surface area contributed by atoms with Crippen LogP contribution in [0.4, 0.5) is 10.5 Å². The van der Waals surface area contributed by atoms with Crippen LogP contribution in [0.25, 0.3) is 0 Å². The van der Waals surface area contributed by atoms with Gasteiger partial charge in [-0.2, -0.15) is 0 Å². The van der Waals surface area contributed by atoms with E-state index < -0.39 is 27.3 Å². The lowest BCUT2D eigenvalue weighted by Crippen LogP contribution is -2.40. The highest BCUT2D eigenvalue weighted by Gasteiger charge is 2.49. The van der Waals surface area contributed by atoms with Gasteiger partial charge in [0.1, 0.15) is 5.54 Å². The summed E-state index contributed by atoms with van der Waals surface area (Å²) in [6.07, 6.45) is 1.10. The molecule has 1 aliphatic rings. The fourth-order valence-electron chi connectivity index (χ4n) is 2.68. The predicted molar refractivity (Wildman–Crippen MR) is 89.4 cm³/mol. The normalized spacial score (nSPS) is 21.0. The molecule has 2 aromatic rings. The number of nitrogens with one attached hydrogen (secondary N) is 1. The highest BCUT2D eigenvalue weighted by Crippen LogP contribution is 2.32. The van der Waals surface area contributed by atoms with E-state index in [1.165, 1.54) is 24.3 Å². The Balaban J connectivity index is 1.98. The van der Waals surface area contributed by atoms with E-state index in [1.807, 2.05) is 6.07 Å². The van der Waals surface area contributed by atoms with Crippen molar-refractivity contribution in [3.05, 3.63) is 60.2 Å². The van der Waals surface area contributed by atoms with Gasteiger partial charge in [0.25, 0.3) is 5.91 Å². The number of carbonyl (C=O) groups is 2. The van der Waals surface area contributed by atoms with Crippen LogP contribution in [-0.2, 0) is 20.2 Å². The van der Waals surface area contributed by atoms with E-state index in [0.29, 0.717) is 11.3 Å². The molecule has 1 unspecified atom stereocenters. The third kappa shape index (κ3) is 2.56. The molecule has 124 valence electrons. The van der Waals surface area contributed by atoms with Gasteiger partial charge >= 0.3 is 6.03 Å². The fourth-order valence-corrected chi connectivity index (χ4v) is 3.31. The topological polar surface area (TPSA) is 83.6 Å². The number of amides is 3. The van der Waals surface area contributed by atoms with Crippen LogP contribution in [0.3, 0.4) is 0 Å². The minimum absolute atomic E-state index is 0.129. The summed E-state index contributed by atoms with van der Waals surface area (Å²) in [5, 5.41) is 2.71. The first-order valence-electron chi connectivity index (χ1n) is 7.26. The van der Waals surface area contributed by atoms with E-state index in [-0.39, 0.29) is 4.90 Å². The molecule has 2 aromatic carbocycles. The Morgan fingerprint density at radius 1 is 0.958 bits per heavy atom. The summed E-state index contributed by atoms with van der Waals surface area (Å²) in [7, 11) is -3.34. The first-order chi connectivity index (χ1) is 11.2. The van der Waals surface area contributed by atoms with Crippen LogP contribution in [0.15, 0.2) is 59.5 Å². The van der Waals surface area contributed by atoms with E-state index in [2.05, 4.69) is 5.32 Å². The van der Waals surface area contributed by atoms with E-state index >= 15 is 0 Å². The zero-order valence-electron chi connectivity index (χ0n) is 13.2. The second-order valence-electron chi connectivity index (χ2n) is 5.83. The SMILES string of the molecule is CC1(c2ccccc2)NC(=O)N(c2ccc(S(C)(=O)=O)cc2)C1=O. The molecule has 1 aliphatic heterocycles. The zero-order chi connectivity index (χ0) is 17.5. The van der Waals surface area contributed by atoms with Crippen molar-refractivity contribution in [2.45, 2.75) is 17.4 Å². The molecule has 3 amide bonds. The molecule has 1 fully saturated rings. The van der Waals surface area contributed by atoms with Crippen LogP contribution < -0.4 is 10.2 Å². The number of hydrogen-bond donors (Lipinski definition) is 1. The highest BCUT2D eigenvalue weighted by atomic mass is 32.2. The third-order valence-electron chi connectivity index (χ3n) is 4.07. The van der Waals surface area contributed by atoms with Crippen molar-refractivity contribution in [1.82, 2.24) is 5.32 Å². The minimum Gasteiger partial charge on any atom is -0.319 e. The maximum absolute atomic E-state index is 12.8. The van der Waals surface area contributed by atoms with Crippen molar-refractivity contribution in [2.75, 3.05) is 11.2 Å². The molecule has 0 aliphatic carbocycles. The van der Waals surface area contributed by atoms with E-state index in [0.717, 1.165) is 11.2 Å². The first kappa shape index (κ1) is 16.2. The molecule has 24 heavy (non-hydrogen) atoms. The summed E-state index contributed by atoms with van der Waals surface area (Å²) < 4.78 is 23.0. The number of imide groups is 1. The van der Waals surface area contributed by atoms with Gasteiger partial charge in [-0.1, -0.05) is 30.3 Å². The Kier molecular flexibility index (Phi) is 3.68. The van der Waals surface area contributed by atoms with Crippen LogP contribution in [0.1, 0.15) is 12.5 Å². The summed E-state index contributed by atoms with van der Waals surface area (Å²) >= 11 is 0. The number of sulfone groups is 1. The van der Waals surface area contributed by atoms with Gasteiger partial charge in [-0.05, 0) is 36.8 Å². The molecular formula is C17H16N2O4S. The fraction of sp³-hybridized carbons (Fsp3) is 0.176. The Labute approximate surface area is 140 Å². The molecule has 6 nitrogen and oxygen atoms in total. The predicted octanol–water partition coefficient (Wildman–Crippen LogP) is 2.06. The molecule has 0 radical (unpaired) electrons. The van der Waals surface area contributed by atoms with Gasteiger partial charge in [-0.15, -0.1) is 0 Å². The molecule has 0 saturated carbocycles. The number of nitrogens with zero attached hydrogens (tertiary/aromatic N) is 1. The van der Waals surface area contributed by atoms with Crippen LogP contribution >= 0.6 is 0 Å². The van der Waals surface area contributed by atoms with Gasteiger partial charge in [0.15, 0.2) is 9.84 Å². The van der Waals surface area contributed by atoms with Crippen LogP contribution in [0.5, 0.6) is 0 Å². The minimum atomic E-state index is -3.34. The molecule has 3 rings (SSSR count). The quantitative estimate of drug-likeness (QED) is 0.864. The van der Waals surface area contributed by atoms with Gasteiger partial charge in [0.2, 0.25) is 0 Å². The number of carbonyl (C=O) groups excluding carboxylic acids is 2. The van der Waals surface area contributed by atoms with E-state index in [1.54, 1.807) is 31.2 Å². The lowest BCUT2D eigenvalue weighted by molar-refractivity contribution is -0.121. The molecule has 0 bridgehead atoms. The molecule has 1 atom stereocenters. The number of benzene rings is 2. The van der Waals surface area contributed by atoms with Gasteiger partial charge in [0, 0.05) is 6.26 Å². The lowest BCUT2D eigenvalue weighted by Gasteiger charge is -2.22. The van der Waals surface area contributed by atoms with Crippen molar-refractivity contribution in [3.8, 4) is 0 Å². The van der Waals surface area contributed by atoms with E-state index in [9.17, 15) is 18.0 Å². The molecule has 1 N–H and O–H groups in total. The molecule has 1 saturated heterocycles. The molecular weight excluding hydrogens is 328 g/mol. The van der Waals surface area contributed by atoms with Crippen molar-refractivity contribution in [3.63, 3.8) is 0 Å². The van der Waals surface area contributed by atoms with Crippen molar-refractivity contribution in [1.29, 1.82) is 0 Å². The molecule has 0 spiro atoms. The van der Waals surface area contributed by atoms with Crippen LogP contribution in [-0.4, -0.2) is 26.6 Å². The number of urea groups is 1. The van der Waals surface area contributed by atoms with Gasteiger partial charge in [0.05, 0.1) is 10.6 Å². The Hall–Kier alpha value is -2.67. The number of anilines is 1. The average Bonchev–Trinajstić information content (AvgIpc) is 2.78. The lowest BCUT2D eigenvalue weighted by atomic mass is 9.92. The molecule has 0 aromatic heterocycles. The van der Waals surface area contributed by atoms with Crippen molar-refractivity contribution in [2.24, 2.45) is 0 Å². The van der Waals surface area contributed by atoms with Crippen molar-refractivity contribution < 1.29 is 18.0 Å². The smallest absolute Gasteiger partial charge is 0.319 e. The number of rotatable bonds is 3. The summed E-state index contributed by atoms with van der Waals surface area (Å²) in [5.41, 5.74) is -0.156. The Morgan fingerprint density at radius 3 is 2.08 bits per heavy atom. The van der Waals surface area contributed by atoms with Crippen LogP contribution in [0.2, 0.25) is 0 Å². The first-order valence-corrected chi connectivity index (χ1v) is 9.15. The standard InChI is InChI=1S/C17H16N2O4S/c1-17(12-6-4-3-5-7-12)15(20)19(16(21)18-17)13-8-10-14(11-9-13)24(2,22)23/h3-11H,1-2H3,(H,18,21). The van der Waals surface area contributed by atoms with Crippen molar-refractivity contribution >= 4 is 27.5 Å². The average molecular weight is 344 g/mol. The third-order valence-corrected chi connectivity index (χ3v) is 5.19. The maximum atomic E-state index is 12.8. The van der Waals surface area contributed by atoms with Gasteiger partial charge < -0.3 is 5.32 Å². The monoisotopic (exact) mass is 344 g/mol. The summed E-state index contributed by atoms with van der Waals surface area (Å²) in [4.78, 5) is 26.3. The second-order valence-corrected chi connectivity index (χ2v) is 7.84. The summed E-state index contributed by atoms with van der Waals surface area (Å²) in [6, 6.07) is 14.1. The zero-order valence-corrected chi connectivity index (χ0v) is 14.0. The molecule has 7 heteroatoms. The summed E-state index contributed by atoms with van der Waals surface area (Å²) in [6.45, 7) is 1.65. The van der Waals surface area contributed by atoms with Gasteiger partial charge in [-0.25, -0.2) is 18.1 Å².